The highest BCUT2D eigenvalue weighted by molar-refractivity contribution is 9.10. The minimum Gasteiger partial charge on any atom is -0.493 e. The molecular weight excluding hydrogens is 414 g/mol. The van der Waals surface area contributed by atoms with Crippen LogP contribution in [-0.4, -0.2) is 38.3 Å². The molecule has 0 heterocycles. The number of hydrogen-bond donors (Lipinski definition) is 2. The van der Waals surface area contributed by atoms with E-state index in [-0.39, 0.29) is 5.91 Å². The van der Waals surface area contributed by atoms with E-state index in [9.17, 15) is 9.59 Å². The molecule has 0 aromatic heterocycles. The van der Waals surface area contributed by atoms with Crippen LogP contribution in [0.4, 0.5) is 0 Å². The summed E-state index contributed by atoms with van der Waals surface area (Å²) in [5.74, 6) is 0.366. The Kier molecular flexibility index (Phi) is 7.36. The Hall–Kier alpha value is -2.87. The van der Waals surface area contributed by atoms with Gasteiger partial charge in [0.2, 0.25) is 0 Å². The highest BCUT2D eigenvalue weighted by atomic mass is 79.9. The first-order valence-electron chi connectivity index (χ1n) is 8.06. The van der Waals surface area contributed by atoms with Gasteiger partial charge in [-0.15, -0.1) is 0 Å². The molecule has 0 saturated carbocycles. The average Bonchev–Trinajstić information content (AvgIpc) is 2.67. The van der Waals surface area contributed by atoms with Crippen molar-refractivity contribution in [3.8, 4) is 11.5 Å². The highest BCUT2D eigenvalue weighted by Crippen LogP contribution is 2.26. The average molecular weight is 434 g/mol. The van der Waals surface area contributed by atoms with Crippen LogP contribution in [0.1, 0.15) is 22.8 Å². The van der Waals surface area contributed by atoms with E-state index in [0.29, 0.717) is 21.5 Å². The van der Waals surface area contributed by atoms with Crippen LogP contribution in [0.25, 0.3) is 0 Å². The van der Waals surface area contributed by atoms with Crippen LogP contribution in [0, 0.1) is 0 Å². The van der Waals surface area contributed by atoms with Crippen molar-refractivity contribution >= 4 is 34.0 Å². The summed E-state index contributed by atoms with van der Waals surface area (Å²) in [6, 6.07) is 11.5. The van der Waals surface area contributed by atoms with Gasteiger partial charge in [0.25, 0.3) is 11.8 Å². The second kappa shape index (κ2) is 9.72. The maximum Gasteiger partial charge on any atom is 0.262 e. The van der Waals surface area contributed by atoms with E-state index in [1.165, 1.54) is 13.3 Å². The molecule has 7 nitrogen and oxygen atoms in total. The third-order valence-electron chi connectivity index (χ3n) is 3.66. The van der Waals surface area contributed by atoms with Crippen molar-refractivity contribution in [1.82, 2.24) is 10.7 Å². The third kappa shape index (κ3) is 5.55. The molecular formula is C19H20BrN3O4. The maximum atomic E-state index is 12.2. The second-order valence-electron chi connectivity index (χ2n) is 5.52. The van der Waals surface area contributed by atoms with E-state index < -0.39 is 11.9 Å². The normalized spacial score (nSPS) is 11.7. The third-order valence-corrected chi connectivity index (χ3v) is 4.35. The molecule has 2 N–H and O–H groups in total. The molecule has 2 aromatic carbocycles. The number of carbonyl (C=O) groups is 2. The molecule has 2 rings (SSSR count). The summed E-state index contributed by atoms with van der Waals surface area (Å²) in [6.45, 7) is 1.58. The number of hydrogen-bond acceptors (Lipinski definition) is 5. The van der Waals surface area contributed by atoms with Gasteiger partial charge in [0.05, 0.1) is 26.0 Å². The molecule has 0 aliphatic carbocycles. The predicted molar refractivity (Wildman–Crippen MR) is 106 cm³/mol. The summed E-state index contributed by atoms with van der Waals surface area (Å²) in [5, 5.41) is 6.54. The number of benzene rings is 2. The van der Waals surface area contributed by atoms with Gasteiger partial charge in [-0.3, -0.25) is 9.59 Å². The van der Waals surface area contributed by atoms with E-state index in [2.05, 4.69) is 31.8 Å². The summed E-state index contributed by atoms with van der Waals surface area (Å²) in [6.07, 6.45) is 1.47. The fraction of sp³-hybridized carbons (Fsp3) is 0.211. The Morgan fingerprint density at radius 2 is 1.81 bits per heavy atom. The zero-order chi connectivity index (χ0) is 19.8. The highest BCUT2D eigenvalue weighted by Gasteiger charge is 2.17. The first kappa shape index (κ1) is 20.4. The van der Waals surface area contributed by atoms with Gasteiger partial charge in [-0.05, 0) is 58.7 Å². The van der Waals surface area contributed by atoms with Gasteiger partial charge < -0.3 is 14.8 Å². The minimum absolute atomic E-state index is 0.353. The number of ether oxygens (including phenoxy) is 2. The number of hydrazone groups is 1. The van der Waals surface area contributed by atoms with Crippen molar-refractivity contribution in [2.45, 2.75) is 13.0 Å². The van der Waals surface area contributed by atoms with Crippen molar-refractivity contribution in [3.05, 3.63) is 58.1 Å². The molecule has 142 valence electrons. The first-order chi connectivity index (χ1) is 13.0. The lowest BCUT2D eigenvalue weighted by molar-refractivity contribution is -0.122. The Morgan fingerprint density at radius 3 is 2.48 bits per heavy atom. The fourth-order valence-corrected chi connectivity index (χ4v) is 2.65. The minimum atomic E-state index is -0.757. The molecule has 0 radical (unpaired) electrons. The van der Waals surface area contributed by atoms with E-state index in [1.807, 2.05) is 0 Å². The van der Waals surface area contributed by atoms with Gasteiger partial charge in [-0.1, -0.05) is 12.1 Å². The summed E-state index contributed by atoms with van der Waals surface area (Å²) in [4.78, 5) is 24.3. The number of rotatable bonds is 7. The number of methoxy groups -OCH3 is 2. The van der Waals surface area contributed by atoms with Crippen LogP contribution >= 0.6 is 15.9 Å². The van der Waals surface area contributed by atoms with Crippen molar-refractivity contribution in [2.75, 3.05) is 14.2 Å². The zero-order valence-corrected chi connectivity index (χ0v) is 16.7. The molecule has 2 amide bonds. The van der Waals surface area contributed by atoms with Crippen LogP contribution in [-0.2, 0) is 4.79 Å². The Bertz CT molecular complexity index is 855. The largest absolute Gasteiger partial charge is 0.493 e. The standard InChI is InChI=1S/C19H20BrN3O4/c1-12(22-19(25)14-6-4-5-7-15(14)20)18(24)23-21-11-13-8-9-16(26-2)17(10-13)27-3/h4-12H,1-3H3,(H,22,25)(H,23,24). The van der Waals surface area contributed by atoms with Crippen LogP contribution in [0.5, 0.6) is 11.5 Å². The SMILES string of the molecule is COc1ccc(C=NNC(=O)C(C)NC(=O)c2ccccc2Br)cc1OC. The van der Waals surface area contributed by atoms with Gasteiger partial charge in [0.1, 0.15) is 6.04 Å². The molecule has 0 aliphatic heterocycles. The molecule has 1 atom stereocenters. The quantitative estimate of drug-likeness (QED) is 0.518. The topological polar surface area (TPSA) is 89.0 Å². The van der Waals surface area contributed by atoms with Crippen molar-refractivity contribution in [3.63, 3.8) is 0 Å². The summed E-state index contributed by atoms with van der Waals surface area (Å²) in [7, 11) is 3.09. The molecule has 8 heteroatoms. The monoisotopic (exact) mass is 433 g/mol. The fourth-order valence-electron chi connectivity index (χ4n) is 2.19. The van der Waals surface area contributed by atoms with E-state index in [4.69, 9.17) is 9.47 Å². The molecule has 0 aliphatic rings. The molecule has 0 saturated heterocycles. The molecule has 0 fully saturated rings. The van der Waals surface area contributed by atoms with Gasteiger partial charge in [0.15, 0.2) is 11.5 Å². The van der Waals surface area contributed by atoms with Gasteiger partial charge in [-0.2, -0.15) is 5.10 Å². The molecule has 1 unspecified atom stereocenters. The first-order valence-corrected chi connectivity index (χ1v) is 8.86. The Balaban J connectivity index is 1.94. The number of nitrogens with one attached hydrogen (secondary N) is 2. The van der Waals surface area contributed by atoms with Gasteiger partial charge in [-0.25, -0.2) is 5.43 Å². The lowest BCUT2D eigenvalue weighted by Gasteiger charge is -2.13. The smallest absolute Gasteiger partial charge is 0.262 e. The summed E-state index contributed by atoms with van der Waals surface area (Å²) < 4.78 is 11.0. The Morgan fingerprint density at radius 1 is 1.11 bits per heavy atom. The molecule has 2 aromatic rings. The van der Waals surface area contributed by atoms with Gasteiger partial charge in [0, 0.05) is 4.47 Å². The summed E-state index contributed by atoms with van der Waals surface area (Å²) >= 11 is 3.31. The lowest BCUT2D eigenvalue weighted by atomic mass is 10.2. The number of nitrogens with zero attached hydrogens (tertiary/aromatic N) is 1. The van der Waals surface area contributed by atoms with Crippen LogP contribution in [0.3, 0.4) is 0 Å². The zero-order valence-electron chi connectivity index (χ0n) is 15.2. The predicted octanol–water partition coefficient (Wildman–Crippen LogP) is 2.73. The lowest BCUT2D eigenvalue weighted by Crippen LogP contribution is -2.43. The number of halogens is 1. The van der Waals surface area contributed by atoms with E-state index in [1.54, 1.807) is 56.5 Å². The van der Waals surface area contributed by atoms with Crippen LogP contribution in [0.15, 0.2) is 52.0 Å². The van der Waals surface area contributed by atoms with E-state index >= 15 is 0 Å². The maximum absolute atomic E-state index is 12.2. The summed E-state index contributed by atoms with van der Waals surface area (Å²) in [5.41, 5.74) is 3.57. The van der Waals surface area contributed by atoms with E-state index in [0.717, 1.165) is 5.56 Å². The molecule has 0 spiro atoms. The van der Waals surface area contributed by atoms with Crippen LogP contribution < -0.4 is 20.2 Å². The number of carbonyl (C=O) groups excluding carboxylic acids is 2. The number of amides is 2. The van der Waals surface area contributed by atoms with Crippen LogP contribution in [0.2, 0.25) is 0 Å². The molecule has 27 heavy (non-hydrogen) atoms. The second-order valence-corrected chi connectivity index (χ2v) is 6.38. The van der Waals surface area contributed by atoms with Crippen molar-refractivity contribution in [2.24, 2.45) is 5.10 Å². The van der Waals surface area contributed by atoms with Crippen molar-refractivity contribution < 1.29 is 19.1 Å². The molecule has 0 bridgehead atoms. The Labute approximate surface area is 165 Å². The van der Waals surface area contributed by atoms with Gasteiger partial charge >= 0.3 is 0 Å². The van der Waals surface area contributed by atoms with Crippen molar-refractivity contribution in [1.29, 1.82) is 0 Å².